The van der Waals surface area contributed by atoms with E-state index in [-0.39, 0.29) is 11.8 Å². The van der Waals surface area contributed by atoms with Gasteiger partial charge in [-0.05, 0) is 49.4 Å². The van der Waals surface area contributed by atoms with Gasteiger partial charge in [-0.15, -0.1) is 0 Å². The molecular formula is C16H17N5O2. The van der Waals surface area contributed by atoms with Crippen molar-refractivity contribution in [3.05, 3.63) is 41.5 Å². The average Bonchev–Trinajstić information content (AvgIpc) is 3.04. The van der Waals surface area contributed by atoms with E-state index in [0.717, 1.165) is 30.5 Å². The molecule has 1 aromatic heterocycles. The summed E-state index contributed by atoms with van der Waals surface area (Å²) in [6.45, 7) is 0. The maximum atomic E-state index is 12.6. The lowest BCUT2D eigenvalue weighted by Crippen LogP contribution is -2.51. The number of hydrogen-bond donors (Lipinski definition) is 3. The van der Waals surface area contributed by atoms with Gasteiger partial charge in [0.2, 0.25) is 5.91 Å². The third-order valence-corrected chi connectivity index (χ3v) is 4.69. The lowest BCUT2D eigenvalue weighted by atomic mass is 9.76. The minimum absolute atomic E-state index is 0.0217. The van der Waals surface area contributed by atoms with E-state index in [0.29, 0.717) is 24.2 Å². The molecular weight excluding hydrogens is 294 g/mol. The van der Waals surface area contributed by atoms with Gasteiger partial charge in [0.1, 0.15) is 12.2 Å². The number of H-pyrrole nitrogens is 1. The molecule has 2 amide bonds. The zero-order chi connectivity index (χ0) is 15.9. The van der Waals surface area contributed by atoms with Gasteiger partial charge >= 0.3 is 0 Å². The van der Waals surface area contributed by atoms with E-state index in [2.05, 4.69) is 25.8 Å². The number of aromatic amines is 1. The van der Waals surface area contributed by atoms with Crippen LogP contribution < -0.4 is 10.6 Å². The predicted octanol–water partition coefficient (Wildman–Crippen LogP) is 1.50. The van der Waals surface area contributed by atoms with Gasteiger partial charge in [-0.1, -0.05) is 0 Å². The fourth-order valence-electron chi connectivity index (χ4n) is 3.20. The molecule has 0 radical (unpaired) electrons. The normalized spacial score (nSPS) is 18.5. The first-order valence-electron chi connectivity index (χ1n) is 7.77. The molecule has 0 spiro atoms. The number of aromatic nitrogens is 3. The van der Waals surface area contributed by atoms with Gasteiger partial charge in [-0.25, -0.2) is 4.98 Å². The summed E-state index contributed by atoms with van der Waals surface area (Å²) in [6.07, 6.45) is 5.35. The second-order valence-electron chi connectivity index (χ2n) is 6.14. The Kier molecular flexibility index (Phi) is 3.14. The summed E-state index contributed by atoms with van der Waals surface area (Å²) >= 11 is 0. The molecule has 7 heteroatoms. The predicted molar refractivity (Wildman–Crippen MR) is 82.8 cm³/mol. The minimum atomic E-state index is -0.433. The Hall–Kier alpha value is -2.70. The zero-order valence-corrected chi connectivity index (χ0v) is 12.6. The van der Waals surface area contributed by atoms with Crippen molar-refractivity contribution in [2.45, 2.75) is 37.6 Å². The highest BCUT2D eigenvalue weighted by molar-refractivity contribution is 5.98. The van der Waals surface area contributed by atoms with Gasteiger partial charge in [0.25, 0.3) is 5.91 Å². The molecule has 0 saturated heterocycles. The second-order valence-corrected chi connectivity index (χ2v) is 6.14. The van der Waals surface area contributed by atoms with E-state index < -0.39 is 5.54 Å². The van der Waals surface area contributed by atoms with Crippen molar-refractivity contribution < 1.29 is 9.59 Å². The SMILES string of the molecule is O=C1CCc2cc(C(=O)NC3(c4ncn[nH]4)CCC3)ccc2N1. The monoisotopic (exact) mass is 311 g/mol. The fourth-order valence-corrected chi connectivity index (χ4v) is 3.20. The van der Waals surface area contributed by atoms with Crippen molar-refractivity contribution in [2.75, 3.05) is 5.32 Å². The van der Waals surface area contributed by atoms with Crippen LogP contribution in [0.15, 0.2) is 24.5 Å². The molecule has 3 N–H and O–H groups in total. The molecule has 2 aromatic rings. The molecule has 1 saturated carbocycles. The van der Waals surface area contributed by atoms with Gasteiger partial charge in [0.05, 0.1) is 5.54 Å². The van der Waals surface area contributed by atoms with Crippen LogP contribution in [0.25, 0.3) is 0 Å². The van der Waals surface area contributed by atoms with E-state index >= 15 is 0 Å². The average molecular weight is 311 g/mol. The molecule has 1 aromatic carbocycles. The van der Waals surface area contributed by atoms with Crippen LogP contribution in [0.1, 0.15) is 47.4 Å². The number of carbonyl (C=O) groups is 2. The molecule has 1 aliphatic heterocycles. The third-order valence-electron chi connectivity index (χ3n) is 4.69. The van der Waals surface area contributed by atoms with E-state index in [1.807, 2.05) is 6.07 Å². The summed E-state index contributed by atoms with van der Waals surface area (Å²) in [4.78, 5) is 28.2. The van der Waals surface area contributed by atoms with Gasteiger partial charge in [-0.2, -0.15) is 5.10 Å². The molecule has 0 bridgehead atoms. The Morgan fingerprint density at radius 1 is 1.26 bits per heavy atom. The van der Waals surface area contributed by atoms with Crippen LogP contribution in [-0.2, 0) is 16.8 Å². The molecule has 1 fully saturated rings. The topological polar surface area (TPSA) is 99.8 Å². The summed E-state index contributed by atoms with van der Waals surface area (Å²) in [5.74, 6) is 0.608. The molecule has 2 aliphatic rings. The number of carbonyl (C=O) groups excluding carboxylic acids is 2. The lowest BCUT2D eigenvalue weighted by molar-refractivity contribution is -0.116. The smallest absolute Gasteiger partial charge is 0.252 e. The molecule has 0 atom stereocenters. The highest BCUT2D eigenvalue weighted by atomic mass is 16.2. The first-order chi connectivity index (χ1) is 11.2. The number of nitrogens with one attached hydrogen (secondary N) is 3. The fraction of sp³-hybridized carbons (Fsp3) is 0.375. The van der Waals surface area contributed by atoms with Crippen molar-refractivity contribution >= 4 is 17.5 Å². The van der Waals surface area contributed by atoms with Crippen LogP contribution in [0.3, 0.4) is 0 Å². The molecule has 2 heterocycles. The number of hydrogen-bond acceptors (Lipinski definition) is 4. The third kappa shape index (κ3) is 2.38. The van der Waals surface area contributed by atoms with Crippen molar-refractivity contribution in [1.82, 2.24) is 20.5 Å². The van der Waals surface area contributed by atoms with Gasteiger partial charge in [0, 0.05) is 17.7 Å². The highest BCUT2D eigenvalue weighted by Gasteiger charge is 2.42. The standard InChI is InChI=1S/C16H17N5O2/c22-13-5-3-10-8-11(2-4-12(10)19-13)14(23)20-16(6-1-7-16)15-17-9-18-21-15/h2,4,8-9H,1,3,5-7H2,(H,19,22)(H,20,23)(H,17,18,21). The Morgan fingerprint density at radius 2 is 2.13 bits per heavy atom. The van der Waals surface area contributed by atoms with Crippen LogP contribution >= 0.6 is 0 Å². The van der Waals surface area contributed by atoms with E-state index in [4.69, 9.17) is 0 Å². The summed E-state index contributed by atoms with van der Waals surface area (Å²) in [5.41, 5.74) is 1.97. The minimum Gasteiger partial charge on any atom is -0.339 e. The van der Waals surface area contributed by atoms with Crippen LogP contribution in [0, 0.1) is 0 Å². The number of amides is 2. The quantitative estimate of drug-likeness (QED) is 0.799. The Bertz CT molecular complexity index is 765. The van der Waals surface area contributed by atoms with Gasteiger partial charge in [0.15, 0.2) is 0 Å². The van der Waals surface area contributed by atoms with Crippen LogP contribution in [0.2, 0.25) is 0 Å². The second kappa shape index (κ2) is 5.19. The lowest BCUT2D eigenvalue weighted by Gasteiger charge is -2.40. The van der Waals surface area contributed by atoms with E-state index in [1.165, 1.54) is 6.33 Å². The van der Waals surface area contributed by atoms with Crippen molar-refractivity contribution in [3.63, 3.8) is 0 Å². The first-order valence-corrected chi connectivity index (χ1v) is 7.77. The zero-order valence-electron chi connectivity index (χ0n) is 12.6. The molecule has 118 valence electrons. The molecule has 0 unspecified atom stereocenters. The number of rotatable bonds is 3. The van der Waals surface area contributed by atoms with Crippen LogP contribution in [0.4, 0.5) is 5.69 Å². The van der Waals surface area contributed by atoms with E-state index in [9.17, 15) is 9.59 Å². The van der Waals surface area contributed by atoms with E-state index in [1.54, 1.807) is 12.1 Å². The largest absolute Gasteiger partial charge is 0.339 e. The molecule has 4 rings (SSSR count). The maximum Gasteiger partial charge on any atom is 0.252 e. The van der Waals surface area contributed by atoms with Gasteiger partial charge in [-0.3, -0.25) is 14.7 Å². The number of benzene rings is 1. The summed E-state index contributed by atoms with van der Waals surface area (Å²) in [5, 5.41) is 12.7. The highest BCUT2D eigenvalue weighted by Crippen LogP contribution is 2.39. The maximum absolute atomic E-state index is 12.6. The van der Waals surface area contributed by atoms with Crippen LogP contribution in [0.5, 0.6) is 0 Å². The van der Waals surface area contributed by atoms with Crippen molar-refractivity contribution in [2.24, 2.45) is 0 Å². The van der Waals surface area contributed by atoms with Crippen molar-refractivity contribution in [3.8, 4) is 0 Å². The summed E-state index contributed by atoms with van der Waals surface area (Å²) < 4.78 is 0. The summed E-state index contributed by atoms with van der Waals surface area (Å²) in [7, 11) is 0. The number of aryl methyl sites for hydroxylation is 1. The first kappa shape index (κ1) is 13.9. The Morgan fingerprint density at radius 3 is 2.83 bits per heavy atom. The Labute approximate surface area is 132 Å². The van der Waals surface area contributed by atoms with Gasteiger partial charge < -0.3 is 10.6 Å². The summed E-state index contributed by atoms with van der Waals surface area (Å²) in [6, 6.07) is 5.40. The number of fused-ring (bicyclic) bond motifs is 1. The number of anilines is 1. The molecule has 7 nitrogen and oxygen atoms in total. The van der Waals surface area contributed by atoms with Crippen molar-refractivity contribution in [1.29, 1.82) is 0 Å². The molecule has 23 heavy (non-hydrogen) atoms. The number of nitrogens with zero attached hydrogens (tertiary/aromatic N) is 2. The Balaban J connectivity index is 1.57. The van der Waals surface area contributed by atoms with Crippen LogP contribution in [-0.4, -0.2) is 27.0 Å². The molecule has 1 aliphatic carbocycles.